The van der Waals surface area contributed by atoms with E-state index in [9.17, 15) is 14.4 Å². The number of rotatable bonds is 7. The van der Waals surface area contributed by atoms with Crippen LogP contribution in [0.4, 0.5) is 5.69 Å². The maximum atomic E-state index is 12.4. The van der Waals surface area contributed by atoms with Crippen LogP contribution in [0.15, 0.2) is 48.5 Å². The van der Waals surface area contributed by atoms with Crippen molar-refractivity contribution in [3.63, 3.8) is 0 Å². The van der Waals surface area contributed by atoms with E-state index in [4.69, 9.17) is 0 Å². The summed E-state index contributed by atoms with van der Waals surface area (Å²) in [5.74, 6) is -0.368. The number of benzene rings is 2. The minimum atomic E-state index is -0.414. The summed E-state index contributed by atoms with van der Waals surface area (Å²) in [6.07, 6.45) is 2.87. The lowest BCUT2D eigenvalue weighted by molar-refractivity contribution is -0.123. The van der Waals surface area contributed by atoms with Gasteiger partial charge in [-0.3, -0.25) is 25.2 Å². The first kappa shape index (κ1) is 21.6. The zero-order valence-electron chi connectivity index (χ0n) is 17.7. The molecule has 1 aliphatic rings. The number of hydrazine groups is 1. The maximum Gasteiger partial charge on any atom is 0.269 e. The average molecular weight is 408 g/mol. The molecule has 0 bridgehead atoms. The Labute approximate surface area is 177 Å². The van der Waals surface area contributed by atoms with Gasteiger partial charge in [-0.1, -0.05) is 38.1 Å². The highest BCUT2D eigenvalue weighted by Gasteiger charge is 2.29. The second-order valence-corrected chi connectivity index (χ2v) is 8.35. The number of hydrogen-bond donors (Lipinski definition) is 3. The van der Waals surface area contributed by atoms with Crippen molar-refractivity contribution in [1.29, 1.82) is 0 Å². The van der Waals surface area contributed by atoms with Crippen LogP contribution in [0.1, 0.15) is 61.0 Å². The molecule has 0 aliphatic heterocycles. The van der Waals surface area contributed by atoms with Gasteiger partial charge in [0, 0.05) is 17.2 Å². The summed E-state index contributed by atoms with van der Waals surface area (Å²) in [7, 11) is 0. The molecule has 2 aromatic rings. The fraction of sp³-hybridized carbons (Fsp3) is 0.375. The van der Waals surface area contributed by atoms with Crippen LogP contribution < -0.4 is 16.2 Å². The molecule has 2 aromatic carbocycles. The van der Waals surface area contributed by atoms with Gasteiger partial charge >= 0.3 is 0 Å². The summed E-state index contributed by atoms with van der Waals surface area (Å²) < 4.78 is 0. The van der Waals surface area contributed by atoms with Gasteiger partial charge in [-0.15, -0.1) is 0 Å². The van der Waals surface area contributed by atoms with Crippen LogP contribution in [0.5, 0.6) is 0 Å². The molecule has 0 radical (unpaired) electrons. The SMILES string of the molecule is CC(C)Cc1ccc(C(C)C(=O)NNC(=O)c2ccc(NC(=O)C3CC3)cc2)cc1. The van der Waals surface area contributed by atoms with Crippen LogP contribution in [0.3, 0.4) is 0 Å². The third kappa shape index (κ3) is 5.92. The molecule has 3 N–H and O–H groups in total. The first-order valence-corrected chi connectivity index (χ1v) is 10.4. The molecule has 158 valence electrons. The first-order chi connectivity index (χ1) is 14.3. The molecule has 1 saturated carbocycles. The molecular formula is C24H29N3O3. The van der Waals surface area contributed by atoms with E-state index in [-0.39, 0.29) is 17.7 Å². The molecule has 1 aliphatic carbocycles. The third-order valence-electron chi connectivity index (χ3n) is 5.18. The highest BCUT2D eigenvalue weighted by Crippen LogP contribution is 2.30. The Hall–Kier alpha value is -3.15. The van der Waals surface area contributed by atoms with E-state index in [0.717, 1.165) is 24.8 Å². The van der Waals surface area contributed by atoms with Gasteiger partial charge in [0.15, 0.2) is 0 Å². The van der Waals surface area contributed by atoms with Gasteiger partial charge in [0.05, 0.1) is 5.92 Å². The van der Waals surface area contributed by atoms with Crippen molar-refractivity contribution in [3.05, 3.63) is 65.2 Å². The topological polar surface area (TPSA) is 87.3 Å². The van der Waals surface area contributed by atoms with Crippen molar-refractivity contribution >= 4 is 23.4 Å². The molecule has 0 heterocycles. The van der Waals surface area contributed by atoms with Crippen molar-refractivity contribution in [2.75, 3.05) is 5.32 Å². The van der Waals surface area contributed by atoms with E-state index >= 15 is 0 Å². The molecular weight excluding hydrogens is 378 g/mol. The van der Waals surface area contributed by atoms with Gasteiger partial charge in [-0.2, -0.15) is 0 Å². The zero-order chi connectivity index (χ0) is 21.7. The van der Waals surface area contributed by atoms with Crippen molar-refractivity contribution in [1.82, 2.24) is 10.9 Å². The summed E-state index contributed by atoms with van der Waals surface area (Å²) in [6, 6.07) is 14.6. The maximum absolute atomic E-state index is 12.4. The number of nitrogens with one attached hydrogen (secondary N) is 3. The molecule has 1 atom stereocenters. The van der Waals surface area contributed by atoms with Crippen LogP contribution in [0.25, 0.3) is 0 Å². The summed E-state index contributed by atoms with van der Waals surface area (Å²) in [5, 5.41) is 2.83. The zero-order valence-corrected chi connectivity index (χ0v) is 17.7. The molecule has 0 saturated heterocycles. The van der Waals surface area contributed by atoms with E-state index in [2.05, 4.69) is 30.0 Å². The Morgan fingerprint density at radius 1 is 0.900 bits per heavy atom. The Bertz CT molecular complexity index is 900. The molecule has 30 heavy (non-hydrogen) atoms. The van der Waals surface area contributed by atoms with Gasteiger partial charge in [0.2, 0.25) is 11.8 Å². The molecule has 1 fully saturated rings. The summed E-state index contributed by atoms with van der Waals surface area (Å²) in [6.45, 7) is 6.14. The van der Waals surface area contributed by atoms with Gasteiger partial charge in [-0.25, -0.2) is 0 Å². The minimum absolute atomic E-state index is 0.0192. The lowest BCUT2D eigenvalue weighted by Gasteiger charge is -2.14. The minimum Gasteiger partial charge on any atom is -0.326 e. The van der Waals surface area contributed by atoms with E-state index in [1.54, 1.807) is 31.2 Å². The fourth-order valence-corrected chi connectivity index (χ4v) is 3.16. The number of hydrogen-bond acceptors (Lipinski definition) is 3. The smallest absolute Gasteiger partial charge is 0.269 e. The second-order valence-electron chi connectivity index (χ2n) is 8.35. The second kappa shape index (κ2) is 9.57. The van der Waals surface area contributed by atoms with Gasteiger partial charge in [-0.05, 0) is 67.5 Å². The van der Waals surface area contributed by atoms with Crippen LogP contribution in [0, 0.1) is 11.8 Å². The highest BCUT2D eigenvalue weighted by molar-refractivity contribution is 5.97. The van der Waals surface area contributed by atoms with E-state index < -0.39 is 11.8 Å². The Morgan fingerprint density at radius 3 is 2.10 bits per heavy atom. The third-order valence-corrected chi connectivity index (χ3v) is 5.18. The van der Waals surface area contributed by atoms with Crippen LogP contribution in [-0.4, -0.2) is 17.7 Å². The molecule has 0 spiro atoms. The molecule has 3 rings (SSSR count). The van der Waals surface area contributed by atoms with E-state index in [1.807, 2.05) is 24.3 Å². The molecule has 1 unspecified atom stereocenters. The van der Waals surface area contributed by atoms with Gasteiger partial charge in [0.1, 0.15) is 0 Å². The highest BCUT2D eigenvalue weighted by atomic mass is 16.2. The van der Waals surface area contributed by atoms with Crippen LogP contribution in [0.2, 0.25) is 0 Å². The monoisotopic (exact) mass is 407 g/mol. The molecule has 0 aromatic heterocycles. The Balaban J connectivity index is 1.49. The lowest BCUT2D eigenvalue weighted by Crippen LogP contribution is -2.43. The van der Waals surface area contributed by atoms with Gasteiger partial charge in [0.25, 0.3) is 5.91 Å². The molecule has 3 amide bonds. The van der Waals surface area contributed by atoms with Gasteiger partial charge < -0.3 is 5.32 Å². The van der Waals surface area contributed by atoms with Crippen LogP contribution >= 0.6 is 0 Å². The Kier molecular flexibility index (Phi) is 6.87. The van der Waals surface area contributed by atoms with Crippen molar-refractivity contribution in [3.8, 4) is 0 Å². The summed E-state index contributed by atoms with van der Waals surface area (Å²) in [4.78, 5) is 36.5. The lowest BCUT2D eigenvalue weighted by atomic mass is 9.96. The number of anilines is 1. The van der Waals surface area contributed by atoms with E-state index in [1.165, 1.54) is 5.56 Å². The normalized spacial score (nSPS) is 14.1. The number of carbonyl (C=O) groups is 3. The molecule has 6 nitrogen and oxygen atoms in total. The van der Waals surface area contributed by atoms with Crippen molar-refractivity contribution in [2.24, 2.45) is 11.8 Å². The fourth-order valence-electron chi connectivity index (χ4n) is 3.16. The standard InChI is InChI=1S/C24H29N3O3/c1-15(2)14-17-4-6-18(7-5-17)16(3)22(28)26-27-24(30)20-10-12-21(13-11-20)25-23(29)19-8-9-19/h4-7,10-13,15-16,19H,8-9,14H2,1-3H3,(H,25,29)(H,26,28)(H,27,30). The van der Waals surface area contributed by atoms with E-state index in [0.29, 0.717) is 17.2 Å². The summed E-state index contributed by atoms with van der Waals surface area (Å²) >= 11 is 0. The van der Waals surface area contributed by atoms with Crippen molar-refractivity contribution < 1.29 is 14.4 Å². The largest absolute Gasteiger partial charge is 0.326 e. The number of amides is 3. The average Bonchev–Trinajstić information content (AvgIpc) is 3.57. The molecule has 6 heteroatoms. The number of carbonyl (C=O) groups excluding carboxylic acids is 3. The quantitative estimate of drug-likeness (QED) is 0.610. The predicted molar refractivity (Wildman–Crippen MR) is 117 cm³/mol. The first-order valence-electron chi connectivity index (χ1n) is 10.4. The predicted octanol–water partition coefficient (Wildman–Crippen LogP) is 3.80. The summed E-state index contributed by atoms with van der Waals surface area (Å²) in [5.41, 5.74) is 8.12. The van der Waals surface area contributed by atoms with Crippen molar-refractivity contribution in [2.45, 2.75) is 46.0 Å². The Morgan fingerprint density at radius 2 is 1.53 bits per heavy atom. The van der Waals surface area contributed by atoms with Crippen LogP contribution in [-0.2, 0) is 16.0 Å².